The van der Waals surface area contributed by atoms with Crippen LogP contribution < -0.4 is 10.6 Å². The summed E-state index contributed by atoms with van der Waals surface area (Å²) in [5.41, 5.74) is -0.812. The second kappa shape index (κ2) is 4.94. The van der Waals surface area contributed by atoms with Crippen molar-refractivity contribution in [1.29, 1.82) is 0 Å². The van der Waals surface area contributed by atoms with Gasteiger partial charge >= 0.3 is 12.0 Å². The fourth-order valence-electron chi connectivity index (χ4n) is 1.77. The second-order valence-corrected chi connectivity index (χ2v) is 4.21. The van der Waals surface area contributed by atoms with Crippen LogP contribution in [0.15, 0.2) is 12.4 Å². The standard InChI is InChI=1S/C10H13N5O3/c16-7(17)10(2-1-3-10)6-12-9(18)14-8-11-4-5-13-15-8/h4-5H,1-3,6H2,(H,16,17)(H2,11,12,14,15,18). The van der Waals surface area contributed by atoms with Crippen molar-refractivity contribution >= 4 is 17.9 Å². The molecular formula is C10H13N5O3. The van der Waals surface area contributed by atoms with Gasteiger partial charge in [-0.25, -0.2) is 9.78 Å². The van der Waals surface area contributed by atoms with Gasteiger partial charge in [0.05, 0.1) is 17.8 Å². The van der Waals surface area contributed by atoms with Crippen molar-refractivity contribution in [2.75, 3.05) is 11.9 Å². The summed E-state index contributed by atoms with van der Waals surface area (Å²) in [7, 11) is 0. The Kier molecular flexibility index (Phi) is 3.35. The van der Waals surface area contributed by atoms with Gasteiger partial charge < -0.3 is 10.4 Å². The maximum absolute atomic E-state index is 11.5. The van der Waals surface area contributed by atoms with E-state index in [2.05, 4.69) is 25.8 Å². The summed E-state index contributed by atoms with van der Waals surface area (Å²) in [6, 6.07) is -0.532. The van der Waals surface area contributed by atoms with Crippen molar-refractivity contribution < 1.29 is 14.7 Å². The van der Waals surface area contributed by atoms with Gasteiger partial charge in [0.1, 0.15) is 0 Å². The van der Waals surface area contributed by atoms with Crippen LogP contribution in [-0.2, 0) is 4.79 Å². The zero-order chi connectivity index (χ0) is 13.0. The predicted octanol–water partition coefficient (Wildman–Crippen LogP) is 0.248. The molecule has 96 valence electrons. The number of anilines is 1. The average molecular weight is 251 g/mol. The molecule has 1 saturated carbocycles. The third-order valence-electron chi connectivity index (χ3n) is 3.06. The van der Waals surface area contributed by atoms with Crippen molar-refractivity contribution in [2.24, 2.45) is 5.41 Å². The van der Waals surface area contributed by atoms with Crippen LogP contribution in [0.2, 0.25) is 0 Å². The SMILES string of the molecule is O=C(NCC1(C(=O)O)CCC1)Nc1nccnn1. The Bertz CT molecular complexity index is 446. The number of aromatic nitrogens is 3. The van der Waals surface area contributed by atoms with Crippen molar-refractivity contribution in [2.45, 2.75) is 19.3 Å². The Balaban J connectivity index is 1.83. The van der Waals surface area contributed by atoms with Crippen LogP contribution in [-0.4, -0.2) is 38.8 Å². The molecule has 1 aliphatic carbocycles. The van der Waals surface area contributed by atoms with E-state index in [1.807, 2.05) is 0 Å². The monoisotopic (exact) mass is 251 g/mol. The fraction of sp³-hybridized carbons (Fsp3) is 0.500. The minimum atomic E-state index is -0.869. The summed E-state index contributed by atoms with van der Waals surface area (Å²) in [5.74, 6) is -0.792. The zero-order valence-electron chi connectivity index (χ0n) is 9.59. The van der Waals surface area contributed by atoms with E-state index >= 15 is 0 Å². The minimum Gasteiger partial charge on any atom is -0.481 e. The summed E-state index contributed by atoms with van der Waals surface area (Å²) >= 11 is 0. The molecule has 0 aliphatic heterocycles. The number of nitrogens with one attached hydrogen (secondary N) is 2. The van der Waals surface area contributed by atoms with Crippen LogP contribution in [0, 0.1) is 5.41 Å². The highest BCUT2D eigenvalue weighted by Crippen LogP contribution is 2.40. The largest absolute Gasteiger partial charge is 0.481 e. The maximum Gasteiger partial charge on any atom is 0.321 e. The molecule has 1 aromatic heterocycles. The summed E-state index contributed by atoms with van der Waals surface area (Å²) in [6.07, 6.45) is 4.84. The summed E-state index contributed by atoms with van der Waals surface area (Å²) in [6.45, 7) is 0.106. The smallest absolute Gasteiger partial charge is 0.321 e. The number of urea groups is 1. The number of carboxylic acid groups (broad SMARTS) is 1. The zero-order valence-corrected chi connectivity index (χ0v) is 9.59. The van der Waals surface area contributed by atoms with E-state index in [0.29, 0.717) is 12.8 Å². The van der Waals surface area contributed by atoms with Crippen LogP contribution in [0.25, 0.3) is 0 Å². The van der Waals surface area contributed by atoms with Gasteiger partial charge in [-0.05, 0) is 12.8 Å². The molecule has 0 spiro atoms. The summed E-state index contributed by atoms with van der Waals surface area (Å²) < 4.78 is 0. The van der Waals surface area contributed by atoms with E-state index in [-0.39, 0.29) is 12.5 Å². The van der Waals surface area contributed by atoms with E-state index in [1.54, 1.807) is 0 Å². The van der Waals surface area contributed by atoms with Crippen molar-refractivity contribution in [1.82, 2.24) is 20.5 Å². The molecule has 0 atom stereocenters. The lowest BCUT2D eigenvalue weighted by Gasteiger charge is -2.37. The van der Waals surface area contributed by atoms with Gasteiger partial charge in [-0.3, -0.25) is 10.1 Å². The highest BCUT2D eigenvalue weighted by Gasteiger charge is 2.44. The molecule has 0 aromatic carbocycles. The molecule has 0 radical (unpaired) electrons. The first-order valence-electron chi connectivity index (χ1n) is 5.54. The first kappa shape index (κ1) is 12.2. The Morgan fingerprint density at radius 3 is 2.67 bits per heavy atom. The molecule has 8 nitrogen and oxygen atoms in total. The fourth-order valence-corrected chi connectivity index (χ4v) is 1.77. The molecule has 18 heavy (non-hydrogen) atoms. The lowest BCUT2D eigenvalue weighted by atomic mass is 9.69. The van der Waals surface area contributed by atoms with Gasteiger partial charge in [-0.1, -0.05) is 6.42 Å². The molecule has 2 amide bonds. The molecule has 1 heterocycles. The van der Waals surface area contributed by atoms with E-state index in [1.165, 1.54) is 12.4 Å². The summed E-state index contributed by atoms with van der Waals surface area (Å²) in [5, 5.41) is 21.1. The molecule has 1 aromatic rings. The molecule has 0 bridgehead atoms. The average Bonchev–Trinajstić information content (AvgIpc) is 2.28. The lowest BCUT2D eigenvalue weighted by Crippen LogP contribution is -2.48. The second-order valence-electron chi connectivity index (χ2n) is 4.21. The third kappa shape index (κ3) is 2.53. The van der Waals surface area contributed by atoms with Crippen molar-refractivity contribution in [3.63, 3.8) is 0 Å². The molecule has 1 aliphatic rings. The van der Waals surface area contributed by atoms with Crippen LogP contribution in [0.1, 0.15) is 19.3 Å². The number of hydrogen-bond donors (Lipinski definition) is 3. The molecule has 0 unspecified atom stereocenters. The Morgan fingerprint density at radius 2 is 2.17 bits per heavy atom. The van der Waals surface area contributed by atoms with Crippen LogP contribution >= 0.6 is 0 Å². The number of hydrogen-bond acceptors (Lipinski definition) is 5. The van der Waals surface area contributed by atoms with Crippen LogP contribution in [0.4, 0.5) is 10.7 Å². The molecular weight excluding hydrogens is 238 g/mol. The number of carboxylic acids is 1. The van der Waals surface area contributed by atoms with Crippen molar-refractivity contribution in [3.8, 4) is 0 Å². The maximum atomic E-state index is 11.5. The highest BCUT2D eigenvalue weighted by atomic mass is 16.4. The molecule has 0 saturated heterocycles. The predicted molar refractivity (Wildman–Crippen MR) is 60.8 cm³/mol. The first-order chi connectivity index (χ1) is 8.62. The molecule has 1 fully saturated rings. The number of carbonyl (C=O) groups is 2. The number of nitrogens with zero attached hydrogens (tertiary/aromatic N) is 3. The molecule has 3 N–H and O–H groups in total. The Morgan fingerprint density at radius 1 is 1.39 bits per heavy atom. The first-order valence-corrected chi connectivity index (χ1v) is 5.54. The number of amides is 2. The number of rotatable bonds is 4. The van der Waals surface area contributed by atoms with E-state index in [0.717, 1.165) is 6.42 Å². The quantitative estimate of drug-likeness (QED) is 0.706. The number of carbonyl (C=O) groups excluding carboxylic acids is 1. The minimum absolute atomic E-state index is 0.0768. The van der Waals surface area contributed by atoms with E-state index in [4.69, 9.17) is 5.11 Å². The van der Waals surface area contributed by atoms with Crippen LogP contribution in [0.3, 0.4) is 0 Å². The van der Waals surface area contributed by atoms with Crippen molar-refractivity contribution in [3.05, 3.63) is 12.4 Å². The van der Waals surface area contributed by atoms with Gasteiger partial charge in [0.2, 0.25) is 0 Å². The lowest BCUT2D eigenvalue weighted by molar-refractivity contribution is -0.153. The third-order valence-corrected chi connectivity index (χ3v) is 3.06. The van der Waals surface area contributed by atoms with Gasteiger partial charge in [0, 0.05) is 6.54 Å². The summed E-state index contributed by atoms with van der Waals surface area (Å²) in [4.78, 5) is 26.3. The van der Waals surface area contributed by atoms with Crippen LogP contribution in [0.5, 0.6) is 0 Å². The highest BCUT2D eigenvalue weighted by molar-refractivity contribution is 5.87. The Hall–Kier alpha value is -2.25. The molecule has 2 rings (SSSR count). The number of aliphatic carboxylic acids is 1. The topological polar surface area (TPSA) is 117 Å². The normalized spacial score (nSPS) is 16.4. The molecule has 8 heteroatoms. The van der Waals surface area contributed by atoms with Gasteiger partial charge in [0.15, 0.2) is 0 Å². The Labute approximate surface area is 103 Å². The van der Waals surface area contributed by atoms with E-state index in [9.17, 15) is 9.59 Å². The van der Waals surface area contributed by atoms with E-state index < -0.39 is 17.4 Å². The van der Waals surface area contributed by atoms with Gasteiger partial charge in [0.25, 0.3) is 5.95 Å². The van der Waals surface area contributed by atoms with Gasteiger partial charge in [-0.15, -0.1) is 5.10 Å². The van der Waals surface area contributed by atoms with Gasteiger partial charge in [-0.2, -0.15) is 5.10 Å².